The zero-order valence-electron chi connectivity index (χ0n) is 15.0. The van der Waals surface area contributed by atoms with Crippen LogP contribution in [0.25, 0.3) is 0 Å². The first-order valence-corrected chi connectivity index (χ1v) is 10.5. The molecule has 1 heterocycles. The van der Waals surface area contributed by atoms with Gasteiger partial charge in [0.2, 0.25) is 15.9 Å². The van der Waals surface area contributed by atoms with Gasteiger partial charge in [-0.1, -0.05) is 6.07 Å². The molecule has 7 heteroatoms. The largest absolute Gasteiger partial charge is 0.355 e. The molecule has 6 nitrogen and oxygen atoms in total. The van der Waals surface area contributed by atoms with E-state index in [4.69, 9.17) is 0 Å². The summed E-state index contributed by atoms with van der Waals surface area (Å²) in [6.45, 7) is 6.36. The summed E-state index contributed by atoms with van der Waals surface area (Å²) in [6.07, 6.45) is 3.12. The molecule has 138 valence electrons. The molecule has 0 unspecified atom stereocenters. The summed E-state index contributed by atoms with van der Waals surface area (Å²) >= 11 is 0. The number of hydrogen-bond donors (Lipinski definition) is 1. The monoisotopic (exact) mass is 365 g/mol. The Morgan fingerprint density at radius 3 is 2.52 bits per heavy atom. The van der Waals surface area contributed by atoms with Gasteiger partial charge in [-0.3, -0.25) is 9.69 Å². The number of rotatable bonds is 5. The maximum atomic E-state index is 12.9. The Kier molecular flexibility index (Phi) is 5.46. The normalized spacial score (nSPS) is 20.2. The Bertz CT molecular complexity index is 740. The van der Waals surface area contributed by atoms with Crippen molar-refractivity contribution in [1.29, 1.82) is 0 Å². The van der Waals surface area contributed by atoms with Crippen molar-refractivity contribution in [3.8, 4) is 0 Å². The van der Waals surface area contributed by atoms with Crippen molar-refractivity contribution >= 4 is 15.9 Å². The number of hydrogen-bond acceptors (Lipinski definition) is 4. The first kappa shape index (κ1) is 18.4. The number of sulfonamides is 1. The maximum Gasteiger partial charge on any atom is 0.243 e. The molecule has 1 fully saturated rings. The van der Waals surface area contributed by atoms with Crippen molar-refractivity contribution < 1.29 is 13.2 Å². The van der Waals surface area contributed by atoms with Crippen LogP contribution in [0.2, 0.25) is 0 Å². The van der Waals surface area contributed by atoms with Crippen molar-refractivity contribution in [2.45, 2.75) is 44.0 Å². The lowest BCUT2D eigenvalue weighted by Crippen LogP contribution is -2.54. The molecule has 1 N–H and O–H groups in total. The molecule has 1 aliphatic carbocycles. The fourth-order valence-electron chi connectivity index (χ4n) is 3.68. The van der Waals surface area contributed by atoms with Crippen molar-refractivity contribution in [2.75, 3.05) is 32.7 Å². The first-order valence-electron chi connectivity index (χ1n) is 9.07. The second-order valence-corrected chi connectivity index (χ2v) is 8.73. The molecular formula is C18H27N3O3S. The van der Waals surface area contributed by atoms with E-state index in [1.807, 2.05) is 30.9 Å². The predicted molar refractivity (Wildman–Crippen MR) is 96.9 cm³/mol. The Morgan fingerprint density at radius 2 is 1.84 bits per heavy atom. The van der Waals surface area contributed by atoms with Crippen LogP contribution in [0.3, 0.4) is 0 Å². The van der Waals surface area contributed by atoms with Crippen LogP contribution in [0, 0.1) is 0 Å². The van der Waals surface area contributed by atoms with E-state index >= 15 is 0 Å². The number of fused-ring (bicyclic) bond motifs is 1. The van der Waals surface area contributed by atoms with Gasteiger partial charge < -0.3 is 5.32 Å². The van der Waals surface area contributed by atoms with Crippen LogP contribution >= 0.6 is 0 Å². The van der Waals surface area contributed by atoms with Crippen LogP contribution in [-0.4, -0.2) is 62.3 Å². The van der Waals surface area contributed by atoms with E-state index in [1.165, 1.54) is 11.1 Å². The van der Waals surface area contributed by atoms with Crippen LogP contribution in [-0.2, 0) is 27.7 Å². The van der Waals surface area contributed by atoms with Gasteiger partial charge in [-0.15, -0.1) is 0 Å². The molecule has 2 aliphatic rings. The molecule has 0 spiro atoms. The molecule has 1 atom stereocenters. The fourth-order valence-corrected chi connectivity index (χ4v) is 5.15. The van der Waals surface area contributed by atoms with Gasteiger partial charge in [0.05, 0.1) is 10.9 Å². The maximum absolute atomic E-state index is 12.9. The van der Waals surface area contributed by atoms with E-state index in [0.29, 0.717) is 37.6 Å². The van der Waals surface area contributed by atoms with Crippen molar-refractivity contribution in [3.63, 3.8) is 0 Å². The summed E-state index contributed by atoms with van der Waals surface area (Å²) in [4.78, 5) is 14.4. The van der Waals surface area contributed by atoms with E-state index in [2.05, 4.69) is 5.32 Å². The standard InChI is InChI=1S/C18H27N3O3S/c1-3-19-18(22)14(2)20-9-11-21(12-10-20)25(23,24)17-8-7-15-5-4-6-16(15)13-17/h7-8,13-14H,3-6,9-12H2,1-2H3,(H,19,22)/t14-/m1/s1. The summed E-state index contributed by atoms with van der Waals surface area (Å²) in [5.41, 5.74) is 2.45. The molecule has 0 aromatic heterocycles. The lowest BCUT2D eigenvalue weighted by molar-refractivity contribution is -0.126. The highest BCUT2D eigenvalue weighted by molar-refractivity contribution is 7.89. The van der Waals surface area contributed by atoms with E-state index < -0.39 is 10.0 Å². The van der Waals surface area contributed by atoms with Gasteiger partial charge in [0.1, 0.15) is 0 Å². The minimum Gasteiger partial charge on any atom is -0.355 e. The summed E-state index contributed by atoms with van der Waals surface area (Å²) in [5, 5.41) is 2.82. The molecule has 1 amide bonds. The van der Waals surface area contributed by atoms with Gasteiger partial charge in [-0.25, -0.2) is 8.42 Å². The Labute approximate surface area is 150 Å². The highest BCUT2D eigenvalue weighted by atomic mass is 32.2. The van der Waals surface area contributed by atoms with Gasteiger partial charge in [0.15, 0.2) is 0 Å². The summed E-state index contributed by atoms with van der Waals surface area (Å²) in [5.74, 6) is -0.00238. The minimum atomic E-state index is -3.46. The van der Waals surface area contributed by atoms with Gasteiger partial charge >= 0.3 is 0 Å². The van der Waals surface area contributed by atoms with Crippen LogP contribution < -0.4 is 5.32 Å². The van der Waals surface area contributed by atoms with Crippen molar-refractivity contribution in [3.05, 3.63) is 29.3 Å². The summed E-state index contributed by atoms with van der Waals surface area (Å²) < 4.78 is 27.4. The molecular weight excluding hydrogens is 338 g/mol. The number of carbonyl (C=O) groups is 1. The Hall–Kier alpha value is -1.44. The van der Waals surface area contributed by atoms with Crippen LogP contribution in [0.1, 0.15) is 31.4 Å². The molecule has 0 bridgehead atoms. The Balaban J connectivity index is 1.66. The second kappa shape index (κ2) is 7.43. The fraction of sp³-hybridized carbons (Fsp3) is 0.611. The molecule has 3 rings (SSSR count). The third kappa shape index (κ3) is 3.73. The first-order chi connectivity index (χ1) is 11.9. The van der Waals surface area contributed by atoms with E-state index in [9.17, 15) is 13.2 Å². The second-order valence-electron chi connectivity index (χ2n) is 6.79. The molecule has 25 heavy (non-hydrogen) atoms. The predicted octanol–water partition coefficient (Wildman–Crippen LogP) is 1.01. The van der Waals surface area contributed by atoms with Crippen LogP contribution in [0.5, 0.6) is 0 Å². The van der Waals surface area contributed by atoms with E-state index in [0.717, 1.165) is 19.3 Å². The van der Waals surface area contributed by atoms with Crippen molar-refractivity contribution in [1.82, 2.24) is 14.5 Å². The lowest BCUT2D eigenvalue weighted by atomic mass is 10.1. The van der Waals surface area contributed by atoms with Gasteiger partial charge in [0, 0.05) is 32.7 Å². The van der Waals surface area contributed by atoms with Crippen LogP contribution in [0.4, 0.5) is 0 Å². The average Bonchev–Trinajstić information content (AvgIpc) is 3.09. The van der Waals surface area contributed by atoms with Crippen LogP contribution in [0.15, 0.2) is 23.1 Å². The zero-order chi connectivity index (χ0) is 18.0. The highest BCUT2D eigenvalue weighted by Crippen LogP contribution is 2.26. The topological polar surface area (TPSA) is 69.7 Å². The number of nitrogens with one attached hydrogen (secondary N) is 1. The third-order valence-corrected chi connectivity index (χ3v) is 7.15. The highest BCUT2D eigenvalue weighted by Gasteiger charge is 2.32. The van der Waals surface area contributed by atoms with Gasteiger partial charge in [0.25, 0.3) is 0 Å². The molecule has 1 aliphatic heterocycles. The summed E-state index contributed by atoms with van der Waals surface area (Å²) in [7, 11) is -3.46. The number of piperazine rings is 1. The van der Waals surface area contributed by atoms with E-state index in [1.54, 1.807) is 10.4 Å². The summed E-state index contributed by atoms with van der Waals surface area (Å²) in [6, 6.07) is 5.32. The molecule has 1 aromatic carbocycles. The average molecular weight is 365 g/mol. The SMILES string of the molecule is CCNC(=O)[C@@H](C)N1CCN(S(=O)(=O)c2ccc3c(c2)CCC3)CC1. The molecule has 1 aromatic rings. The Morgan fingerprint density at radius 1 is 1.16 bits per heavy atom. The number of amides is 1. The lowest BCUT2D eigenvalue weighted by Gasteiger charge is -2.36. The van der Waals surface area contributed by atoms with E-state index in [-0.39, 0.29) is 11.9 Å². The molecule has 0 radical (unpaired) electrons. The number of carbonyl (C=O) groups excluding carboxylic acids is 1. The van der Waals surface area contributed by atoms with Gasteiger partial charge in [-0.2, -0.15) is 4.31 Å². The number of nitrogens with zero attached hydrogens (tertiary/aromatic N) is 2. The van der Waals surface area contributed by atoms with Crippen molar-refractivity contribution in [2.24, 2.45) is 0 Å². The molecule has 1 saturated heterocycles. The quantitative estimate of drug-likeness (QED) is 0.845. The smallest absolute Gasteiger partial charge is 0.243 e. The minimum absolute atomic E-state index is 0.00238. The number of likely N-dealkylation sites (N-methyl/N-ethyl adjacent to an activating group) is 1. The third-order valence-electron chi connectivity index (χ3n) is 5.26. The molecule has 0 saturated carbocycles. The number of aryl methyl sites for hydroxylation is 2. The number of benzene rings is 1. The van der Waals surface area contributed by atoms with Gasteiger partial charge in [-0.05, 0) is 56.4 Å². The zero-order valence-corrected chi connectivity index (χ0v) is 15.8.